The summed E-state index contributed by atoms with van der Waals surface area (Å²) in [6.45, 7) is 6.89. The van der Waals surface area contributed by atoms with Gasteiger partial charge in [0.05, 0.1) is 6.54 Å². The van der Waals surface area contributed by atoms with Crippen molar-refractivity contribution in [3.8, 4) is 0 Å². The van der Waals surface area contributed by atoms with Crippen molar-refractivity contribution < 1.29 is 4.79 Å². The monoisotopic (exact) mass is 253 g/mol. The zero-order valence-corrected chi connectivity index (χ0v) is 11.8. The molecule has 0 radical (unpaired) electrons. The van der Waals surface area contributed by atoms with Gasteiger partial charge >= 0.3 is 0 Å². The number of likely N-dealkylation sites (N-methyl/N-ethyl adjacent to an activating group) is 1. The zero-order valence-electron chi connectivity index (χ0n) is 11.8. The van der Waals surface area contributed by atoms with E-state index in [0.717, 1.165) is 26.2 Å². The molecule has 2 rings (SSSR count). The minimum absolute atomic E-state index is 0.314. The van der Waals surface area contributed by atoms with Crippen LogP contribution >= 0.6 is 0 Å². The van der Waals surface area contributed by atoms with Gasteiger partial charge in [0.25, 0.3) is 0 Å². The molecule has 0 aromatic carbocycles. The van der Waals surface area contributed by atoms with Crippen LogP contribution in [0.4, 0.5) is 0 Å². The largest absolute Gasteiger partial charge is 0.341 e. The molecule has 2 fully saturated rings. The number of piperidine rings is 2. The minimum atomic E-state index is 0.314. The highest BCUT2D eigenvalue weighted by atomic mass is 16.2. The van der Waals surface area contributed by atoms with Crippen molar-refractivity contribution in [1.29, 1.82) is 0 Å². The number of carbonyl (C=O) groups is 1. The molecule has 0 aliphatic carbocycles. The predicted octanol–water partition coefficient (Wildman–Crippen LogP) is 0.929. The summed E-state index contributed by atoms with van der Waals surface area (Å²) >= 11 is 0. The van der Waals surface area contributed by atoms with E-state index in [0.29, 0.717) is 24.4 Å². The Balaban J connectivity index is 1.78. The first-order valence-electron chi connectivity index (χ1n) is 7.35. The number of carbonyl (C=O) groups excluding carboxylic acids is 1. The first kappa shape index (κ1) is 13.8. The number of hydrogen-bond acceptors (Lipinski definition) is 3. The smallest absolute Gasteiger partial charge is 0.236 e. The summed E-state index contributed by atoms with van der Waals surface area (Å²) in [5.74, 6) is 0.985. The molecule has 1 amide bonds. The van der Waals surface area contributed by atoms with Crippen LogP contribution in [0.2, 0.25) is 0 Å². The number of rotatable bonds is 3. The van der Waals surface area contributed by atoms with E-state index in [9.17, 15) is 4.79 Å². The molecule has 2 unspecified atom stereocenters. The van der Waals surface area contributed by atoms with E-state index < -0.39 is 0 Å². The van der Waals surface area contributed by atoms with E-state index in [-0.39, 0.29) is 0 Å². The van der Waals surface area contributed by atoms with Gasteiger partial charge in [0.15, 0.2) is 0 Å². The lowest BCUT2D eigenvalue weighted by atomic mass is 10.0. The van der Waals surface area contributed by atoms with Gasteiger partial charge in [0.2, 0.25) is 5.91 Å². The Labute approximate surface area is 111 Å². The minimum Gasteiger partial charge on any atom is -0.341 e. The molecule has 0 spiro atoms. The SMILES string of the molecule is CC1CCCN(C(=O)CN(C)C2CCCNC2)C1. The van der Waals surface area contributed by atoms with Crippen LogP contribution in [-0.2, 0) is 4.79 Å². The third-order valence-corrected chi connectivity index (χ3v) is 4.29. The summed E-state index contributed by atoms with van der Waals surface area (Å²) in [5.41, 5.74) is 0. The molecule has 0 bridgehead atoms. The summed E-state index contributed by atoms with van der Waals surface area (Å²) in [6.07, 6.45) is 4.88. The van der Waals surface area contributed by atoms with Crippen molar-refractivity contribution in [1.82, 2.24) is 15.1 Å². The van der Waals surface area contributed by atoms with Gasteiger partial charge in [0, 0.05) is 25.7 Å². The fraction of sp³-hybridized carbons (Fsp3) is 0.929. The standard InChI is InChI=1S/C14H27N3O/c1-12-5-4-8-17(10-12)14(18)11-16(2)13-6-3-7-15-9-13/h12-13,15H,3-11H2,1-2H3. The maximum absolute atomic E-state index is 12.3. The Bertz CT molecular complexity index is 276. The summed E-state index contributed by atoms with van der Waals surface area (Å²) in [6, 6.07) is 0.532. The van der Waals surface area contributed by atoms with Crippen molar-refractivity contribution >= 4 is 5.91 Å². The average Bonchev–Trinajstić information content (AvgIpc) is 2.39. The van der Waals surface area contributed by atoms with Crippen LogP contribution in [-0.4, -0.2) is 61.5 Å². The highest BCUT2D eigenvalue weighted by Gasteiger charge is 2.24. The fourth-order valence-corrected chi connectivity index (χ4v) is 3.07. The Morgan fingerprint density at radius 2 is 2.22 bits per heavy atom. The molecule has 104 valence electrons. The number of hydrogen-bond donors (Lipinski definition) is 1. The summed E-state index contributed by atoms with van der Waals surface area (Å²) < 4.78 is 0. The van der Waals surface area contributed by atoms with Crippen LogP contribution in [0.25, 0.3) is 0 Å². The fourth-order valence-electron chi connectivity index (χ4n) is 3.07. The van der Waals surface area contributed by atoms with E-state index in [1.54, 1.807) is 0 Å². The van der Waals surface area contributed by atoms with Crippen LogP contribution in [0.3, 0.4) is 0 Å². The summed E-state index contributed by atoms with van der Waals surface area (Å²) in [7, 11) is 2.09. The second-order valence-corrected chi connectivity index (χ2v) is 6.00. The van der Waals surface area contributed by atoms with Gasteiger partial charge in [-0.15, -0.1) is 0 Å². The molecule has 2 saturated heterocycles. The zero-order chi connectivity index (χ0) is 13.0. The van der Waals surface area contributed by atoms with Gasteiger partial charge in [-0.2, -0.15) is 0 Å². The van der Waals surface area contributed by atoms with Crippen LogP contribution < -0.4 is 5.32 Å². The molecule has 2 heterocycles. The molecule has 2 aliphatic rings. The number of nitrogens with zero attached hydrogens (tertiary/aromatic N) is 2. The van der Waals surface area contributed by atoms with Crippen LogP contribution in [0, 0.1) is 5.92 Å². The van der Waals surface area contributed by atoms with Gasteiger partial charge < -0.3 is 10.2 Å². The maximum atomic E-state index is 12.3. The van der Waals surface area contributed by atoms with Gasteiger partial charge in [-0.3, -0.25) is 9.69 Å². The lowest BCUT2D eigenvalue weighted by Gasteiger charge is -2.35. The van der Waals surface area contributed by atoms with Gasteiger partial charge in [-0.1, -0.05) is 6.92 Å². The van der Waals surface area contributed by atoms with E-state index >= 15 is 0 Å². The Morgan fingerprint density at radius 1 is 1.39 bits per heavy atom. The topological polar surface area (TPSA) is 35.6 Å². The molecule has 2 atom stereocenters. The molecule has 4 nitrogen and oxygen atoms in total. The van der Waals surface area contributed by atoms with Gasteiger partial charge in [-0.05, 0) is 45.2 Å². The van der Waals surface area contributed by atoms with Gasteiger partial charge in [-0.25, -0.2) is 0 Å². The highest BCUT2D eigenvalue weighted by Crippen LogP contribution is 2.16. The van der Waals surface area contributed by atoms with Crippen LogP contribution in [0.1, 0.15) is 32.6 Å². The van der Waals surface area contributed by atoms with E-state index in [1.165, 1.54) is 25.7 Å². The van der Waals surface area contributed by atoms with Crippen molar-refractivity contribution in [3.63, 3.8) is 0 Å². The number of likely N-dealkylation sites (tertiary alicyclic amines) is 1. The molecule has 18 heavy (non-hydrogen) atoms. The quantitative estimate of drug-likeness (QED) is 0.813. The lowest BCUT2D eigenvalue weighted by Crippen LogP contribution is -2.49. The van der Waals surface area contributed by atoms with E-state index in [4.69, 9.17) is 0 Å². The second-order valence-electron chi connectivity index (χ2n) is 6.00. The molecule has 1 N–H and O–H groups in total. The number of nitrogens with one attached hydrogen (secondary N) is 1. The first-order chi connectivity index (χ1) is 8.66. The van der Waals surface area contributed by atoms with Crippen LogP contribution in [0.15, 0.2) is 0 Å². The van der Waals surface area contributed by atoms with Crippen molar-refractivity contribution in [3.05, 3.63) is 0 Å². The highest BCUT2D eigenvalue weighted by molar-refractivity contribution is 5.78. The Hall–Kier alpha value is -0.610. The Kier molecular flexibility index (Phi) is 5.01. The molecule has 0 saturated carbocycles. The van der Waals surface area contributed by atoms with E-state index in [1.807, 2.05) is 0 Å². The molecule has 0 aromatic rings. The van der Waals surface area contributed by atoms with Crippen molar-refractivity contribution in [2.45, 2.75) is 38.6 Å². The summed E-state index contributed by atoms with van der Waals surface area (Å²) in [4.78, 5) is 16.5. The maximum Gasteiger partial charge on any atom is 0.236 e. The lowest BCUT2D eigenvalue weighted by molar-refractivity contribution is -0.134. The normalized spacial score (nSPS) is 29.6. The van der Waals surface area contributed by atoms with Crippen molar-refractivity contribution in [2.75, 3.05) is 39.8 Å². The average molecular weight is 253 g/mol. The third-order valence-electron chi connectivity index (χ3n) is 4.29. The second kappa shape index (κ2) is 6.53. The predicted molar refractivity (Wildman–Crippen MR) is 73.5 cm³/mol. The molecule has 4 heteroatoms. The molecular formula is C14H27N3O. The van der Waals surface area contributed by atoms with E-state index in [2.05, 4.69) is 29.1 Å². The molecular weight excluding hydrogens is 226 g/mol. The number of amides is 1. The molecule has 2 aliphatic heterocycles. The Morgan fingerprint density at radius 3 is 2.89 bits per heavy atom. The van der Waals surface area contributed by atoms with Crippen LogP contribution in [0.5, 0.6) is 0 Å². The summed E-state index contributed by atoms with van der Waals surface area (Å²) in [5, 5.41) is 3.41. The molecule has 0 aromatic heterocycles. The third kappa shape index (κ3) is 3.69. The first-order valence-corrected chi connectivity index (χ1v) is 7.35. The van der Waals surface area contributed by atoms with Gasteiger partial charge in [0.1, 0.15) is 0 Å². The van der Waals surface area contributed by atoms with Crippen molar-refractivity contribution in [2.24, 2.45) is 5.92 Å².